The normalized spacial score (nSPS) is 23.0. The number of hydrogen-bond acceptors (Lipinski definition) is 3. The number of rotatable bonds is 1. The van der Waals surface area contributed by atoms with Crippen LogP contribution in [0, 0.1) is 5.92 Å². The van der Waals surface area contributed by atoms with Crippen molar-refractivity contribution in [2.45, 2.75) is 26.3 Å². The van der Waals surface area contributed by atoms with Gasteiger partial charge in [-0.15, -0.1) is 0 Å². The quantitative estimate of drug-likeness (QED) is 0.873. The molecule has 1 saturated heterocycles. The Kier molecular flexibility index (Phi) is 3.64. The summed E-state index contributed by atoms with van der Waals surface area (Å²) in [5, 5.41) is 3.48. The molecule has 0 amide bonds. The van der Waals surface area contributed by atoms with Crippen LogP contribution in [0.2, 0.25) is 0 Å². The number of piperidine rings is 1. The monoisotopic (exact) mass is 283 g/mol. The molecule has 0 saturated carbocycles. The van der Waals surface area contributed by atoms with Crippen LogP contribution in [0.4, 0.5) is 0 Å². The third-order valence-corrected chi connectivity index (χ3v) is 4.42. The highest BCUT2D eigenvalue weighted by Crippen LogP contribution is 2.33. The van der Waals surface area contributed by atoms with Gasteiger partial charge in [0.25, 0.3) is 5.56 Å². The smallest absolute Gasteiger partial charge is 0.251 e. The molecular formula is C17H21N3O. The zero-order chi connectivity index (χ0) is 13.5. The molecule has 110 valence electrons. The lowest BCUT2D eigenvalue weighted by atomic mass is 9.83. The lowest BCUT2D eigenvalue weighted by molar-refractivity contribution is 0.257. The average molecular weight is 283 g/mol. The summed E-state index contributed by atoms with van der Waals surface area (Å²) in [6, 6.07) is 9.68. The summed E-state index contributed by atoms with van der Waals surface area (Å²) in [6.45, 7) is 2.85. The first-order chi connectivity index (χ1) is 9.81. The van der Waals surface area contributed by atoms with Crippen molar-refractivity contribution < 1.29 is 0 Å². The van der Waals surface area contributed by atoms with Gasteiger partial charge in [-0.3, -0.25) is 9.78 Å². The third-order valence-electron chi connectivity index (χ3n) is 4.42. The van der Waals surface area contributed by atoms with Crippen LogP contribution in [0.3, 0.4) is 0 Å². The second-order valence-electron chi connectivity index (χ2n) is 5.79. The second kappa shape index (κ2) is 5.45. The fraction of sp³-hybridized carbons (Fsp3) is 0.412. The lowest BCUT2D eigenvalue weighted by Crippen LogP contribution is -2.44. The molecule has 2 aliphatic heterocycles. The highest BCUT2D eigenvalue weighted by atomic mass is 16.1. The van der Waals surface area contributed by atoms with Gasteiger partial charge in [0.2, 0.25) is 0 Å². The van der Waals surface area contributed by atoms with Gasteiger partial charge in [-0.25, -0.2) is 0 Å². The lowest BCUT2D eigenvalue weighted by Gasteiger charge is -2.37. The van der Waals surface area contributed by atoms with E-state index in [4.69, 9.17) is 0 Å². The molecule has 2 atom stereocenters. The first kappa shape index (κ1) is 14.0. The SMILES string of the molecule is C.O=c1cc(-c2ccccn2)cc2n1CC1CNC[C@@H]2C1. The van der Waals surface area contributed by atoms with E-state index in [9.17, 15) is 4.79 Å². The zero-order valence-corrected chi connectivity index (χ0v) is 11.2. The molecule has 2 aliphatic rings. The minimum Gasteiger partial charge on any atom is -0.316 e. The third kappa shape index (κ3) is 2.40. The van der Waals surface area contributed by atoms with Crippen LogP contribution in [-0.4, -0.2) is 22.6 Å². The summed E-state index contributed by atoms with van der Waals surface area (Å²) in [6.07, 6.45) is 2.96. The number of nitrogens with zero attached hydrogens (tertiary/aromatic N) is 2. The zero-order valence-electron chi connectivity index (χ0n) is 11.2. The van der Waals surface area contributed by atoms with Crippen LogP contribution in [0.15, 0.2) is 41.3 Å². The highest BCUT2D eigenvalue weighted by Gasteiger charge is 2.31. The van der Waals surface area contributed by atoms with Crippen LogP contribution in [-0.2, 0) is 6.54 Å². The van der Waals surface area contributed by atoms with E-state index in [1.165, 1.54) is 12.1 Å². The molecule has 4 nitrogen and oxygen atoms in total. The summed E-state index contributed by atoms with van der Waals surface area (Å²) in [5.74, 6) is 1.05. The molecule has 2 aromatic rings. The van der Waals surface area contributed by atoms with Crippen molar-refractivity contribution in [3.05, 3.63) is 52.6 Å². The highest BCUT2D eigenvalue weighted by molar-refractivity contribution is 5.59. The van der Waals surface area contributed by atoms with E-state index in [-0.39, 0.29) is 13.0 Å². The van der Waals surface area contributed by atoms with E-state index in [0.29, 0.717) is 11.8 Å². The Bertz CT molecular complexity index is 693. The van der Waals surface area contributed by atoms with Crippen molar-refractivity contribution >= 4 is 0 Å². The molecular weight excluding hydrogens is 262 g/mol. The van der Waals surface area contributed by atoms with E-state index in [1.807, 2.05) is 22.8 Å². The molecule has 4 rings (SSSR count). The summed E-state index contributed by atoms with van der Waals surface area (Å²) >= 11 is 0. The Hall–Kier alpha value is -1.94. The second-order valence-corrected chi connectivity index (χ2v) is 5.79. The predicted molar refractivity (Wildman–Crippen MR) is 84.4 cm³/mol. The summed E-state index contributed by atoms with van der Waals surface area (Å²) in [5.41, 5.74) is 3.09. The van der Waals surface area contributed by atoms with Crippen LogP contribution in [0.25, 0.3) is 11.3 Å². The Morgan fingerprint density at radius 3 is 2.95 bits per heavy atom. The number of fused-ring (bicyclic) bond motifs is 4. The predicted octanol–water partition coefficient (Wildman–Crippen LogP) is 2.25. The first-order valence-corrected chi connectivity index (χ1v) is 7.18. The van der Waals surface area contributed by atoms with Crippen LogP contribution >= 0.6 is 0 Å². The van der Waals surface area contributed by atoms with Gasteiger partial charge in [0.1, 0.15) is 0 Å². The summed E-state index contributed by atoms with van der Waals surface area (Å²) in [7, 11) is 0. The molecule has 2 aromatic heterocycles. The average Bonchev–Trinajstić information content (AvgIpc) is 2.49. The fourth-order valence-electron chi connectivity index (χ4n) is 3.49. The van der Waals surface area contributed by atoms with Crippen molar-refractivity contribution in [1.29, 1.82) is 0 Å². The number of nitrogens with one attached hydrogen (secondary N) is 1. The largest absolute Gasteiger partial charge is 0.316 e. The van der Waals surface area contributed by atoms with Crippen molar-refractivity contribution in [3.63, 3.8) is 0 Å². The Morgan fingerprint density at radius 2 is 2.14 bits per heavy atom. The first-order valence-electron chi connectivity index (χ1n) is 7.18. The maximum Gasteiger partial charge on any atom is 0.251 e. The van der Waals surface area contributed by atoms with E-state index < -0.39 is 0 Å². The molecule has 4 heteroatoms. The standard InChI is InChI=1S/C16H17N3O.CH4/c20-16-7-12(14-3-1-2-4-18-14)6-15-13-5-11(8-17-9-13)10-19(15)16;/h1-4,6-7,11,13,17H,5,8-10H2;1H4/t11?,13-;/m0./s1. The van der Waals surface area contributed by atoms with Gasteiger partial charge in [-0.05, 0) is 37.1 Å². The van der Waals surface area contributed by atoms with Gasteiger partial charge >= 0.3 is 0 Å². The summed E-state index contributed by atoms with van der Waals surface area (Å²) < 4.78 is 1.96. The molecule has 21 heavy (non-hydrogen) atoms. The minimum absolute atomic E-state index is 0. The maximum absolute atomic E-state index is 12.4. The number of hydrogen-bond donors (Lipinski definition) is 1. The Labute approximate surface area is 124 Å². The molecule has 1 fully saturated rings. The summed E-state index contributed by atoms with van der Waals surface area (Å²) in [4.78, 5) is 16.8. The van der Waals surface area contributed by atoms with Gasteiger partial charge in [-0.2, -0.15) is 0 Å². The molecule has 0 spiro atoms. The van der Waals surface area contributed by atoms with Crippen LogP contribution in [0.5, 0.6) is 0 Å². The van der Waals surface area contributed by atoms with Gasteiger partial charge < -0.3 is 9.88 Å². The molecule has 0 aliphatic carbocycles. The van der Waals surface area contributed by atoms with E-state index in [0.717, 1.165) is 30.9 Å². The van der Waals surface area contributed by atoms with Crippen LogP contribution < -0.4 is 10.9 Å². The van der Waals surface area contributed by atoms with Crippen LogP contribution in [0.1, 0.15) is 25.5 Å². The number of pyridine rings is 2. The maximum atomic E-state index is 12.4. The number of aromatic nitrogens is 2. The van der Waals surface area contributed by atoms with Crippen molar-refractivity contribution in [3.8, 4) is 11.3 Å². The molecule has 2 bridgehead atoms. The Balaban J connectivity index is 0.00000132. The molecule has 0 aromatic carbocycles. The van der Waals surface area contributed by atoms with Crippen molar-refractivity contribution in [2.24, 2.45) is 5.92 Å². The molecule has 1 N–H and O–H groups in total. The van der Waals surface area contributed by atoms with E-state index in [1.54, 1.807) is 12.3 Å². The van der Waals surface area contributed by atoms with Gasteiger partial charge in [0.15, 0.2) is 0 Å². The fourth-order valence-corrected chi connectivity index (χ4v) is 3.49. The Morgan fingerprint density at radius 1 is 1.24 bits per heavy atom. The molecule has 0 radical (unpaired) electrons. The van der Waals surface area contributed by atoms with Gasteiger partial charge in [-0.1, -0.05) is 13.5 Å². The van der Waals surface area contributed by atoms with E-state index >= 15 is 0 Å². The van der Waals surface area contributed by atoms with E-state index in [2.05, 4.69) is 16.4 Å². The van der Waals surface area contributed by atoms with Crippen molar-refractivity contribution in [2.75, 3.05) is 13.1 Å². The van der Waals surface area contributed by atoms with Gasteiger partial charge in [0, 0.05) is 42.5 Å². The van der Waals surface area contributed by atoms with Crippen molar-refractivity contribution in [1.82, 2.24) is 14.9 Å². The minimum atomic E-state index is 0. The topological polar surface area (TPSA) is 46.9 Å². The molecule has 1 unspecified atom stereocenters. The van der Waals surface area contributed by atoms with Gasteiger partial charge in [0.05, 0.1) is 5.69 Å². The molecule has 4 heterocycles.